The average Bonchev–Trinajstić information content (AvgIpc) is 2.68. The van der Waals surface area contributed by atoms with Crippen LogP contribution < -0.4 is 5.32 Å². The number of benzene rings is 2. The maximum atomic E-state index is 13.9. The second kappa shape index (κ2) is 8.98. The molecule has 2 aromatic rings. The Bertz CT molecular complexity index is 942. The molecule has 9 heteroatoms. The molecule has 0 aromatic heterocycles. The molecule has 3 rings (SSSR count). The van der Waals surface area contributed by atoms with E-state index in [4.69, 9.17) is 0 Å². The summed E-state index contributed by atoms with van der Waals surface area (Å²) in [5.41, 5.74) is 0.990. The summed E-state index contributed by atoms with van der Waals surface area (Å²) in [4.78, 5) is 13.2. The molecular formula is C20H23F2N3O3S. The lowest BCUT2D eigenvalue weighted by atomic mass is 10.1. The predicted octanol–water partition coefficient (Wildman–Crippen LogP) is 2.15. The van der Waals surface area contributed by atoms with Crippen LogP contribution in [0.25, 0.3) is 0 Å². The van der Waals surface area contributed by atoms with Gasteiger partial charge >= 0.3 is 0 Å². The first-order chi connectivity index (χ1) is 13.8. The Hall–Kier alpha value is -2.36. The average molecular weight is 423 g/mol. The Balaban J connectivity index is 1.56. The van der Waals surface area contributed by atoms with Gasteiger partial charge in [0.25, 0.3) is 0 Å². The molecule has 2 aromatic carbocycles. The number of carbonyl (C=O) groups is 1. The topological polar surface area (TPSA) is 69.7 Å². The summed E-state index contributed by atoms with van der Waals surface area (Å²) >= 11 is 0. The maximum absolute atomic E-state index is 13.9. The van der Waals surface area contributed by atoms with Gasteiger partial charge in [-0.25, -0.2) is 17.2 Å². The molecule has 1 saturated heterocycles. The van der Waals surface area contributed by atoms with E-state index in [1.165, 1.54) is 0 Å². The first kappa shape index (κ1) is 21.4. The fraction of sp³-hybridized carbons (Fsp3) is 0.350. The van der Waals surface area contributed by atoms with Crippen molar-refractivity contribution in [3.8, 4) is 0 Å². The Morgan fingerprint density at radius 3 is 2.17 bits per heavy atom. The van der Waals surface area contributed by atoms with Gasteiger partial charge in [-0.3, -0.25) is 9.69 Å². The SMILES string of the molecule is CC(NC(=O)CN1CCN(S(=O)(=O)c2c(F)cccc2F)CC1)c1ccccc1. The van der Waals surface area contributed by atoms with Crippen LogP contribution in [0.4, 0.5) is 8.78 Å². The Morgan fingerprint density at radius 2 is 1.59 bits per heavy atom. The minimum absolute atomic E-state index is 0.0532. The number of rotatable bonds is 6. The fourth-order valence-electron chi connectivity index (χ4n) is 3.30. The third-order valence-electron chi connectivity index (χ3n) is 4.89. The monoisotopic (exact) mass is 423 g/mol. The number of amides is 1. The van der Waals surface area contributed by atoms with Crippen LogP contribution in [-0.2, 0) is 14.8 Å². The molecule has 0 aliphatic carbocycles. The Morgan fingerprint density at radius 1 is 1.00 bits per heavy atom. The number of hydrogen-bond acceptors (Lipinski definition) is 4. The third kappa shape index (κ3) is 4.98. The van der Waals surface area contributed by atoms with Gasteiger partial charge in [0.2, 0.25) is 15.9 Å². The van der Waals surface area contributed by atoms with Crippen LogP contribution >= 0.6 is 0 Å². The molecule has 0 radical (unpaired) electrons. The molecule has 1 unspecified atom stereocenters. The van der Waals surface area contributed by atoms with Gasteiger partial charge < -0.3 is 5.32 Å². The van der Waals surface area contributed by atoms with Crippen molar-refractivity contribution in [3.05, 3.63) is 65.7 Å². The number of hydrogen-bond donors (Lipinski definition) is 1. The van der Waals surface area contributed by atoms with Gasteiger partial charge in [-0.05, 0) is 24.6 Å². The van der Waals surface area contributed by atoms with E-state index in [-0.39, 0.29) is 31.6 Å². The molecule has 0 spiro atoms. The highest BCUT2D eigenvalue weighted by atomic mass is 32.2. The standard InChI is InChI=1S/C20H23F2N3O3S/c1-15(16-6-3-2-4-7-16)23-19(26)14-24-10-12-25(13-11-24)29(27,28)20-17(21)8-5-9-18(20)22/h2-9,15H,10-14H2,1H3,(H,23,26). The van der Waals surface area contributed by atoms with Gasteiger partial charge in [0, 0.05) is 26.2 Å². The Kier molecular flexibility index (Phi) is 6.61. The van der Waals surface area contributed by atoms with Gasteiger partial charge in [0.05, 0.1) is 12.6 Å². The van der Waals surface area contributed by atoms with E-state index in [0.29, 0.717) is 13.1 Å². The molecule has 6 nitrogen and oxygen atoms in total. The molecule has 1 heterocycles. The third-order valence-corrected chi connectivity index (χ3v) is 6.84. The molecule has 1 fully saturated rings. The highest BCUT2D eigenvalue weighted by Crippen LogP contribution is 2.23. The molecule has 1 N–H and O–H groups in total. The van der Waals surface area contributed by atoms with Crippen LogP contribution in [0.2, 0.25) is 0 Å². The smallest absolute Gasteiger partial charge is 0.249 e. The van der Waals surface area contributed by atoms with Crippen LogP contribution in [0.3, 0.4) is 0 Å². The van der Waals surface area contributed by atoms with Gasteiger partial charge in [0.15, 0.2) is 4.90 Å². The zero-order valence-corrected chi connectivity index (χ0v) is 16.8. The molecule has 0 saturated carbocycles. The largest absolute Gasteiger partial charge is 0.348 e. The number of piperazine rings is 1. The minimum Gasteiger partial charge on any atom is -0.348 e. The first-order valence-electron chi connectivity index (χ1n) is 9.30. The minimum atomic E-state index is -4.27. The molecule has 1 aliphatic rings. The van der Waals surface area contributed by atoms with Crippen LogP contribution in [0, 0.1) is 11.6 Å². The van der Waals surface area contributed by atoms with Gasteiger partial charge in [-0.2, -0.15) is 4.31 Å². The lowest BCUT2D eigenvalue weighted by Crippen LogP contribution is -2.51. The van der Waals surface area contributed by atoms with Crippen molar-refractivity contribution in [2.24, 2.45) is 0 Å². The highest BCUT2D eigenvalue weighted by Gasteiger charge is 2.33. The van der Waals surface area contributed by atoms with E-state index in [1.807, 2.05) is 42.2 Å². The number of nitrogens with zero attached hydrogens (tertiary/aromatic N) is 2. The maximum Gasteiger partial charge on any atom is 0.249 e. The van der Waals surface area contributed by atoms with Crippen molar-refractivity contribution < 1.29 is 22.0 Å². The van der Waals surface area contributed by atoms with Gasteiger partial charge in [0.1, 0.15) is 11.6 Å². The molecule has 29 heavy (non-hydrogen) atoms. The van der Waals surface area contributed by atoms with Gasteiger partial charge in [-0.15, -0.1) is 0 Å². The lowest BCUT2D eigenvalue weighted by Gasteiger charge is -2.33. The molecule has 1 amide bonds. The van der Waals surface area contributed by atoms with Crippen LogP contribution in [0.1, 0.15) is 18.5 Å². The summed E-state index contributed by atoms with van der Waals surface area (Å²) in [6.07, 6.45) is 0. The Labute approximate surface area is 169 Å². The summed E-state index contributed by atoms with van der Waals surface area (Å²) in [5.74, 6) is -2.39. The van der Waals surface area contributed by atoms with Crippen molar-refractivity contribution in [1.82, 2.24) is 14.5 Å². The summed E-state index contributed by atoms with van der Waals surface area (Å²) in [6.45, 7) is 2.71. The zero-order valence-electron chi connectivity index (χ0n) is 16.0. The van der Waals surface area contributed by atoms with Crippen LogP contribution in [0.15, 0.2) is 53.4 Å². The first-order valence-corrected chi connectivity index (χ1v) is 10.7. The highest BCUT2D eigenvalue weighted by molar-refractivity contribution is 7.89. The van der Waals surface area contributed by atoms with Crippen LogP contribution in [-0.4, -0.2) is 56.3 Å². The number of nitrogens with one attached hydrogen (secondary N) is 1. The van der Waals surface area contributed by atoms with Crippen molar-refractivity contribution in [2.45, 2.75) is 17.9 Å². The molecule has 156 valence electrons. The van der Waals surface area contributed by atoms with E-state index < -0.39 is 26.6 Å². The predicted molar refractivity (Wildman–Crippen MR) is 105 cm³/mol. The summed E-state index contributed by atoms with van der Waals surface area (Å²) in [5, 5.41) is 2.91. The second-order valence-electron chi connectivity index (χ2n) is 6.93. The molecule has 1 aliphatic heterocycles. The van der Waals surface area contributed by atoms with Crippen molar-refractivity contribution >= 4 is 15.9 Å². The number of carbonyl (C=O) groups excluding carboxylic acids is 1. The number of halogens is 2. The van der Waals surface area contributed by atoms with E-state index >= 15 is 0 Å². The van der Waals surface area contributed by atoms with Crippen molar-refractivity contribution in [2.75, 3.05) is 32.7 Å². The molecule has 0 bridgehead atoms. The van der Waals surface area contributed by atoms with E-state index in [0.717, 1.165) is 28.1 Å². The van der Waals surface area contributed by atoms with Crippen molar-refractivity contribution in [3.63, 3.8) is 0 Å². The van der Waals surface area contributed by atoms with E-state index in [2.05, 4.69) is 5.32 Å². The number of sulfonamides is 1. The van der Waals surface area contributed by atoms with Gasteiger partial charge in [-0.1, -0.05) is 36.4 Å². The van der Waals surface area contributed by atoms with Crippen molar-refractivity contribution in [1.29, 1.82) is 0 Å². The molecular weight excluding hydrogens is 400 g/mol. The quantitative estimate of drug-likeness (QED) is 0.773. The van der Waals surface area contributed by atoms with Crippen LogP contribution in [0.5, 0.6) is 0 Å². The summed E-state index contributed by atoms with van der Waals surface area (Å²) < 4.78 is 54.1. The summed E-state index contributed by atoms with van der Waals surface area (Å²) in [6, 6.07) is 12.4. The van der Waals surface area contributed by atoms with E-state index in [9.17, 15) is 22.0 Å². The summed E-state index contributed by atoms with van der Waals surface area (Å²) in [7, 11) is -4.27. The molecule has 1 atom stereocenters. The second-order valence-corrected chi connectivity index (χ2v) is 8.81. The van der Waals surface area contributed by atoms with E-state index in [1.54, 1.807) is 0 Å². The fourth-order valence-corrected chi connectivity index (χ4v) is 4.83. The normalized spacial score (nSPS) is 17.1. The lowest BCUT2D eigenvalue weighted by molar-refractivity contribution is -0.123. The zero-order chi connectivity index (χ0) is 21.0.